The number of nitrogens with zero attached hydrogens (tertiary/aromatic N) is 8. The average Bonchev–Trinajstić information content (AvgIpc) is 3.59. The Morgan fingerprint density at radius 3 is 2.41 bits per heavy atom. The Morgan fingerprint density at radius 1 is 1.05 bits per heavy atom. The van der Waals surface area contributed by atoms with Crippen molar-refractivity contribution in [1.82, 2.24) is 34.0 Å². The van der Waals surface area contributed by atoms with Gasteiger partial charge in [-0.1, -0.05) is 23.7 Å². The Labute approximate surface area is 320 Å². The van der Waals surface area contributed by atoms with Crippen molar-refractivity contribution in [2.45, 2.75) is 51.6 Å². The molecule has 294 valence electrons. The number of benzene rings is 2. The van der Waals surface area contributed by atoms with E-state index in [1.165, 1.54) is 48.7 Å². The number of fused-ring (bicyclic) bond motifs is 3. The fraction of sp³-hybridized carbons (Fsp3) is 0.361. The molecule has 15 nitrogen and oxygen atoms in total. The molecule has 3 aromatic heterocycles. The molecule has 2 aromatic carbocycles. The van der Waals surface area contributed by atoms with Crippen molar-refractivity contribution in [1.29, 1.82) is 0 Å². The van der Waals surface area contributed by atoms with Crippen molar-refractivity contribution in [3.8, 4) is 17.1 Å². The number of halogens is 5. The first-order chi connectivity index (χ1) is 26.3. The van der Waals surface area contributed by atoms with Crippen LogP contribution in [0.2, 0.25) is 5.02 Å². The first-order valence-corrected chi connectivity index (χ1v) is 17.6. The number of nitrogens with one attached hydrogen (secondary N) is 1. The van der Waals surface area contributed by atoms with Gasteiger partial charge in [0, 0.05) is 37.3 Å². The van der Waals surface area contributed by atoms with Crippen LogP contribution in [0.5, 0.6) is 5.75 Å². The Balaban J connectivity index is 1.32. The van der Waals surface area contributed by atoms with E-state index >= 15 is 4.39 Å². The number of ether oxygens (including phenoxy) is 1. The first-order valence-electron chi connectivity index (χ1n) is 17.3. The van der Waals surface area contributed by atoms with Crippen LogP contribution in [-0.2, 0) is 21.3 Å². The van der Waals surface area contributed by atoms with Crippen molar-refractivity contribution in [2.75, 3.05) is 43.0 Å². The van der Waals surface area contributed by atoms with E-state index in [1.807, 2.05) is 0 Å². The molecule has 2 atom stereocenters. The predicted molar refractivity (Wildman–Crippen MR) is 193 cm³/mol. The van der Waals surface area contributed by atoms with E-state index in [1.54, 1.807) is 11.8 Å². The van der Waals surface area contributed by atoms with Gasteiger partial charge in [0.1, 0.15) is 23.9 Å². The summed E-state index contributed by atoms with van der Waals surface area (Å²) in [5.41, 5.74) is -2.78. The number of anilines is 2. The second-order valence-electron chi connectivity index (χ2n) is 13.9. The topological polar surface area (TPSA) is 180 Å². The van der Waals surface area contributed by atoms with Gasteiger partial charge in [-0.05, 0) is 52.0 Å². The molecule has 0 bridgehead atoms. The second-order valence-corrected chi connectivity index (χ2v) is 14.3. The summed E-state index contributed by atoms with van der Waals surface area (Å²) in [4.78, 5) is 57.5. The third-order valence-corrected chi connectivity index (χ3v) is 10.1. The van der Waals surface area contributed by atoms with Crippen molar-refractivity contribution in [3.63, 3.8) is 0 Å². The number of aromatic hydroxyl groups is 1. The number of amides is 2. The lowest BCUT2D eigenvalue weighted by Crippen LogP contribution is -2.51. The van der Waals surface area contributed by atoms with E-state index in [4.69, 9.17) is 16.3 Å². The van der Waals surface area contributed by atoms with Gasteiger partial charge in [0.15, 0.2) is 17.3 Å². The van der Waals surface area contributed by atoms with E-state index in [-0.39, 0.29) is 94.7 Å². The minimum Gasteiger partial charge on any atom is -0.504 e. The maximum atomic E-state index is 15.2. The van der Waals surface area contributed by atoms with Gasteiger partial charge in [0.25, 0.3) is 11.5 Å². The SMILES string of the molecule is Cc1ncnc(C(=O)N2CCN(c3c4n(c5nc(-c6ccc(C(C)(C)O)c(F)c6)nn5c3=O)[C@@H](C(=O)Nc3ccc(C(F)(F)F)cc3Cl)CO[C@H]4C)CC2)c1O. The summed E-state index contributed by atoms with van der Waals surface area (Å²) in [5, 5.41) is 27.5. The molecular formula is C36H34ClF4N9O6. The molecule has 3 N–H and O–H groups in total. The smallest absolute Gasteiger partial charge is 0.416 e. The van der Waals surface area contributed by atoms with Crippen molar-refractivity contribution in [3.05, 3.63) is 92.1 Å². The van der Waals surface area contributed by atoms with Crippen LogP contribution in [0.1, 0.15) is 65.9 Å². The average molecular weight is 800 g/mol. The summed E-state index contributed by atoms with van der Waals surface area (Å²) in [7, 11) is 0. The maximum Gasteiger partial charge on any atom is 0.416 e. The van der Waals surface area contributed by atoms with Gasteiger partial charge in [-0.25, -0.2) is 14.4 Å². The molecule has 7 rings (SSSR count). The third-order valence-electron chi connectivity index (χ3n) is 9.74. The third kappa shape index (κ3) is 6.90. The molecule has 1 fully saturated rings. The minimum absolute atomic E-state index is 0.0101. The fourth-order valence-corrected chi connectivity index (χ4v) is 7.02. The van der Waals surface area contributed by atoms with E-state index in [0.717, 1.165) is 22.7 Å². The molecule has 0 unspecified atom stereocenters. The minimum atomic E-state index is -4.68. The van der Waals surface area contributed by atoms with Gasteiger partial charge in [-0.15, -0.1) is 5.10 Å². The zero-order chi connectivity index (χ0) is 40.4. The highest BCUT2D eigenvalue weighted by molar-refractivity contribution is 6.33. The standard InChI is InChI=1S/C36H34ClF4N9O6/c1-17-29(51)26(43-16-42-17)32(53)48-11-9-47(10-12-48)28-27-18(2)56-15-25(31(52)44-24-8-6-20(14-22(24)37)36(39,40)41)49(27)34-45-30(46-50(34)33(28)54)19-5-7-21(23(38)13-19)35(3,4)55/h5-8,13-14,16,18,25,51,55H,9-12,15H2,1-4H3,(H,44,52)/t18-,25+/m0/s1. The number of alkyl halides is 3. The number of piperazine rings is 1. The van der Waals surface area contributed by atoms with Crippen LogP contribution < -0.4 is 15.8 Å². The number of hydrogen-bond acceptors (Lipinski definition) is 11. The summed E-state index contributed by atoms with van der Waals surface area (Å²) in [6.07, 6.45) is -4.32. The molecule has 20 heteroatoms. The molecule has 1 saturated heterocycles. The first kappa shape index (κ1) is 38.6. The summed E-state index contributed by atoms with van der Waals surface area (Å²) in [6.45, 7) is 6.19. The number of hydrogen-bond donors (Lipinski definition) is 3. The Hall–Kier alpha value is -5.66. The molecule has 2 aliphatic rings. The van der Waals surface area contributed by atoms with Gasteiger partial charge < -0.3 is 30.1 Å². The van der Waals surface area contributed by atoms with Gasteiger partial charge in [-0.2, -0.15) is 22.7 Å². The summed E-state index contributed by atoms with van der Waals surface area (Å²) in [6, 6.07) is 5.15. The number of carbonyl (C=O) groups is 2. The fourth-order valence-electron chi connectivity index (χ4n) is 6.79. The van der Waals surface area contributed by atoms with Gasteiger partial charge in [0.05, 0.1) is 46.0 Å². The number of rotatable bonds is 6. The molecule has 2 amide bonds. The molecule has 0 radical (unpaired) electrons. The number of aromatic nitrogens is 6. The summed E-state index contributed by atoms with van der Waals surface area (Å²) < 4.78 is 63.7. The lowest BCUT2D eigenvalue weighted by Gasteiger charge is -2.39. The lowest BCUT2D eigenvalue weighted by atomic mass is 9.96. The molecule has 0 aliphatic carbocycles. The van der Waals surface area contributed by atoms with E-state index in [9.17, 15) is 37.8 Å². The Kier molecular flexibility index (Phi) is 9.74. The molecular weight excluding hydrogens is 766 g/mol. The van der Waals surface area contributed by atoms with Crippen molar-refractivity contribution in [2.24, 2.45) is 0 Å². The number of aliphatic hydroxyl groups is 1. The van der Waals surface area contributed by atoms with Crippen molar-refractivity contribution >= 4 is 40.6 Å². The largest absolute Gasteiger partial charge is 0.504 e. The molecule has 5 heterocycles. The normalized spacial score (nSPS) is 17.6. The molecule has 56 heavy (non-hydrogen) atoms. The molecule has 0 saturated carbocycles. The number of aryl methyl sites for hydroxylation is 1. The predicted octanol–water partition coefficient (Wildman–Crippen LogP) is 4.63. The monoisotopic (exact) mass is 799 g/mol. The van der Waals surface area contributed by atoms with Gasteiger partial charge in [0.2, 0.25) is 11.7 Å². The van der Waals surface area contributed by atoms with Crippen LogP contribution in [0.25, 0.3) is 17.2 Å². The zero-order valence-corrected chi connectivity index (χ0v) is 31.0. The van der Waals surface area contributed by atoms with Crippen LogP contribution in [0.15, 0.2) is 47.5 Å². The maximum absolute atomic E-state index is 15.2. The lowest BCUT2D eigenvalue weighted by molar-refractivity contribution is -0.137. The van der Waals surface area contributed by atoms with Crippen LogP contribution >= 0.6 is 11.6 Å². The van der Waals surface area contributed by atoms with Crippen LogP contribution in [0, 0.1) is 12.7 Å². The van der Waals surface area contributed by atoms with E-state index < -0.39 is 52.7 Å². The van der Waals surface area contributed by atoms with E-state index in [0.29, 0.717) is 6.07 Å². The summed E-state index contributed by atoms with van der Waals surface area (Å²) in [5.74, 6) is -2.61. The molecule has 2 aliphatic heterocycles. The zero-order valence-electron chi connectivity index (χ0n) is 30.2. The van der Waals surface area contributed by atoms with Crippen LogP contribution in [-0.4, -0.2) is 88.8 Å². The van der Waals surface area contributed by atoms with Gasteiger partial charge in [-0.3, -0.25) is 19.0 Å². The summed E-state index contributed by atoms with van der Waals surface area (Å²) >= 11 is 6.17. The Morgan fingerprint density at radius 2 is 1.77 bits per heavy atom. The second kappa shape index (κ2) is 14.1. The van der Waals surface area contributed by atoms with Crippen LogP contribution in [0.3, 0.4) is 0 Å². The van der Waals surface area contributed by atoms with Crippen LogP contribution in [0.4, 0.5) is 28.9 Å². The molecule has 5 aromatic rings. The number of carbonyl (C=O) groups excluding carboxylic acids is 2. The highest BCUT2D eigenvalue weighted by Gasteiger charge is 2.39. The van der Waals surface area contributed by atoms with Crippen molar-refractivity contribution < 1.29 is 42.1 Å². The Bertz CT molecular complexity index is 2460. The highest BCUT2D eigenvalue weighted by Crippen LogP contribution is 2.38. The molecule has 0 spiro atoms. The van der Waals surface area contributed by atoms with E-state index in [2.05, 4.69) is 25.4 Å². The highest BCUT2D eigenvalue weighted by atomic mass is 35.5. The quantitative estimate of drug-likeness (QED) is 0.204. The van der Waals surface area contributed by atoms with Gasteiger partial charge >= 0.3 is 6.18 Å².